The number of ether oxygens (including phenoxy) is 2. The number of nitrogens with two attached hydrogens (primary N) is 3. The second-order valence-corrected chi connectivity index (χ2v) is 10.9. The lowest BCUT2D eigenvalue weighted by Gasteiger charge is -2.23. The number of nitrogens with one attached hydrogen (secondary N) is 1. The SMILES string of the molecule is C=CN(C(=O)N=C(N)N)[C@H]1C[C@@H](OP(C)(=O)OC[C@H]2O[C@@H](n3cnc4c(=O)[nH]c(N)nc43)C[C@H]2O)[C@@H](CO)O1. The lowest BCUT2D eigenvalue weighted by Crippen LogP contribution is -2.36. The summed E-state index contributed by atoms with van der Waals surface area (Å²) in [6.07, 6.45) is -2.91. The number of imidazole rings is 1. The molecule has 2 aromatic rings. The zero-order chi connectivity index (χ0) is 28.5. The first kappa shape index (κ1) is 28.6. The number of fused-ring (bicyclic) bond motifs is 1. The zero-order valence-electron chi connectivity index (χ0n) is 20.8. The highest BCUT2D eigenvalue weighted by atomic mass is 31.2. The number of urea groups is 1. The van der Waals surface area contributed by atoms with Crippen molar-refractivity contribution in [1.82, 2.24) is 24.4 Å². The number of H-pyrrole nitrogens is 1. The molecule has 0 aromatic carbocycles. The largest absolute Gasteiger partial charge is 0.394 e. The number of aliphatic imine (C=N–C) groups is 1. The van der Waals surface area contributed by atoms with E-state index in [1.807, 2.05) is 0 Å². The van der Waals surface area contributed by atoms with E-state index in [2.05, 4.69) is 26.5 Å². The van der Waals surface area contributed by atoms with Crippen LogP contribution in [0.5, 0.6) is 0 Å². The summed E-state index contributed by atoms with van der Waals surface area (Å²) in [5, 5.41) is 20.3. The van der Waals surface area contributed by atoms with Crippen LogP contribution in [-0.2, 0) is 23.1 Å². The third-order valence-corrected chi connectivity index (χ3v) is 7.35. The topological polar surface area (TPSA) is 269 Å². The lowest BCUT2D eigenvalue weighted by atomic mass is 10.2. The number of carbonyl (C=O) groups is 1. The van der Waals surface area contributed by atoms with Crippen molar-refractivity contribution in [2.24, 2.45) is 16.5 Å². The molecule has 9 N–H and O–H groups in total. The number of carbonyl (C=O) groups excluding carboxylic acids is 1. The molecule has 1 unspecified atom stereocenters. The number of guanidine groups is 1. The molecule has 0 radical (unpaired) electrons. The molecule has 39 heavy (non-hydrogen) atoms. The normalized spacial score (nSPS) is 28.3. The van der Waals surface area contributed by atoms with Gasteiger partial charge in [0.15, 0.2) is 17.1 Å². The Labute approximate surface area is 220 Å². The molecule has 0 aliphatic carbocycles. The van der Waals surface area contributed by atoms with Gasteiger partial charge in [-0.2, -0.15) is 9.98 Å². The molecule has 214 valence electrons. The molecule has 2 saturated heterocycles. The van der Waals surface area contributed by atoms with Crippen LogP contribution in [0.25, 0.3) is 11.2 Å². The van der Waals surface area contributed by atoms with Crippen molar-refractivity contribution in [2.75, 3.05) is 25.6 Å². The molecule has 2 aromatic heterocycles. The summed E-state index contributed by atoms with van der Waals surface area (Å²) in [6, 6.07) is -0.849. The van der Waals surface area contributed by atoms with Crippen LogP contribution in [-0.4, -0.2) is 97.1 Å². The van der Waals surface area contributed by atoms with Gasteiger partial charge in [-0.15, -0.1) is 0 Å². The third-order valence-electron chi connectivity index (χ3n) is 6.08. The van der Waals surface area contributed by atoms with Gasteiger partial charge in [-0.05, 0) is 0 Å². The van der Waals surface area contributed by atoms with Crippen LogP contribution in [0.1, 0.15) is 19.1 Å². The number of hydrogen-bond acceptors (Lipinski definition) is 12. The number of aliphatic hydroxyl groups is 2. The molecule has 4 heterocycles. The predicted octanol–water partition coefficient (Wildman–Crippen LogP) is -1.48. The zero-order valence-corrected chi connectivity index (χ0v) is 21.7. The van der Waals surface area contributed by atoms with Gasteiger partial charge in [-0.25, -0.2) is 9.78 Å². The molecule has 2 aliphatic rings. The van der Waals surface area contributed by atoms with Crippen LogP contribution in [0.3, 0.4) is 0 Å². The van der Waals surface area contributed by atoms with Gasteiger partial charge in [0.2, 0.25) is 5.95 Å². The average Bonchev–Trinajstić information content (AvgIpc) is 3.54. The number of aliphatic hydroxyl groups excluding tert-OH is 2. The first-order valence-corrected chi connectivity index (χ1v) is 13.7. The Morgan fingerprint density at radius 3 is 2.82 bits per heavy atom. The Kier molecular flexibility index (Phi) is 8.36. The quantitative estimate of drug-likeness (QED) is 0.114. The van der Waals surface area contributed by atoms with E-state index in [4.69, 9.17) is 35.7 Å². The fourth-order valence-corrected chi connectivity index (χ4v) is 5.50. The minimum absolute atomic E-state index is 0.00222. The number of aromatic amines is 1. The number of rotatable bonds is 9. The van der Waals surface area contributed by atoms with Gasteiger partial charge in [-0.3, -0.25) is 23.8 Å². The first-order valence-electron chi connectivity index (χ1n) is 11.7. The Bertz CT molecular complexity index is 1360. The Balaban J connectivity index is 1.37. The summed E-state index contributed by atoms with van der Waals surface area (Å²) < 4.78 is 37.2. The Hall–Kier alpha value is -3.38. The van der Waals surface area contributed by atoms with Crippen LogP contribution in [0.4, 0.5) is 10.7 Å². The van der Waals surface area contributed by atoms with E-state index in [1.54, 1.807) is 0 Å². The van der Waals surface area contributed by atoms with E-state index in [1.165, 1.54) is 17.6 Å². The molecule has 0 spiro atoms. The molecular formula is C20H30N9O9P. The molecule has 19 heteroatoms. The highest BCUT2D eigenvalue weighted by Crippen LogP contribution is 2.48. The maximum atomic E-state index is 13.1. The van der Waals surface area contributed by atoms with Crippen LogP contribution >= 0.6 is 7.60 Å². The summed E-state index contributed by atoms with van der Waals surface area (Å²) >= 11 is 0. The average molecular weight is 571 g/mol. The van der Waals surface area contributed by atoms with E-state index in [9.17, 15) is 24.4 Å². The molecule has 7 atom stereocenters. The molecule has 2 fully saturated rings. The van der Waals surface area contributed by atoms with Gasteiger partial charge in [-0.1, -0.05) is 6.58 Å². The maximum Gasteiger partial charge on any atom is 0.352 e. The highest BCUT2D eigenvalue weighted by Gasteiger charge is 2.43. The fraction of sp³-hybridized carbons (Fsp3) is 0.550. The molecule has 0 saturated carbocycles. The van der Waals surface area contributed by atoms with E-state index in [0.29, 0.717) is 0 Å². The summed E-state index contributed by atoms with van der Waals surface area (Å²) in [5.41, 5.74) is 15.8. The Morgan fingerprint density at radius 1 is 1.41 bits per heavy atom. The lowest BCUT2D eigenvalue weighted by molar-refractivity contribution is -0.0548. The summed E-state index contributed by atoms with van der Waals surface area (Å²) in [4.78, 5) is 39.2. The van der Waals surface area contributed by atoms with Gasteiger partial charge in [0.1, 0.15) is 24.7 Å². The number of amides is 2. The minimum Gasteiger partial charge on any atom is -0.394 e. The maximum absolute atomic E-state index is 13.1. The van der Waals surface area contributed by atoms with Crippen molar-refractivity contribution in [3.05, 3.63) is 29.5 Å². The number of nitrogens with zero attached hydrogens (tertiary/aromatic N) is 5. The molecule has 18 nitrogen and oxygen atoms in total. The highest BCUT2D eigenvalue weighted by molar-refractivity contribution is 7.53. The molecule has 4 rings (SSSR count). The summed E-state index contributed by atoms with van der Waals surface area (Å²) in [5.74, 6) is -0.565. The first-order chi connectivity index (χ1) is 18.4. The van der Waals surface area contributed by atoms with Crippen molar-refractivity contribution in [1.29, 1.82) is 0 Å². The number of hydrogen-bond donors (Lipinski definition) is 6. The van der Waals surface area contributed by atoms with Gasteiger partial charge in [0, 0.05) is 25.7 Å². The van der Waals surface area contributed by atoms with Gasteiger partial charge in [0.05, 0.1) is 31.7 Å². The summed E-state index contributed by atoms with van der Waals surface area (Å²) in [6.45, 7) is 3.94. The fourth-order valence-electron chi connectivity index (χ4n) is 4.31. The second-order valence-electron chi connectivity index (χ2n) is 8.87. The van der Waals surface area contributed by atoms with Crippen LogP contribution in [0.15, 0.2) is 28.9 Å². The van der Waals surface area contributed by atoms with Crippen molar-refractivity contribution in [3.63, 3.8) is 0 Å². The molecule has 0 bridgehead atoms. The standard InChI is InChI=1S/C20H30N9O9P/c1-3-28(20(33)27-18(21)22)14-5-10(11(6-30)36-14)38-39(2,34)35-7-12-9(31)4-13(37-12)29-8-24-15-16(29)25-19(23)26-17(15)32/h3,8-14,30-31H,1,4-7H2,2H3,(H4,21,22,27,33)(H3,23,25,26,32)/t9-,10-,11-,12-,13-,14-,39?/m1/s1. The van der Waals surface area contributed by atoms with Crippen molar-refractivity contribution in [2.45, 2.75) is 49.7 Å². The number of anilines is 1. The monoisotopic (exact) mass is 571 g/mol. The third kappa shape index (κ3) is 6.27. The van der Waals surface area contributed by atoms with Crippen molar-refractivity contribution in [3.8, 4) is 0 Å². The summed E-state index contributed by atoms with van der Waals surface area (Å²) in [7, 11) is -3.79. The van der Waals surface area contributed by atoms with Crippen LogP contribution in [0.2, 0.25) is 0 Å². The molecule has 2 aliphatic heterocycles. The molecular weight excluding hydrogens is 541 g/mol. The number of nitrogen functional groups attached to an aromatic ring is 1. The van der Waals surface area contributed by atoms with E-state index in [-0.39, 0.29) is 36.6 Å². The van der Waals surface area contributed by atoms with Crippen molar-refractivity contribution >= 4 is 36.7 Å². The van der Waals surface area contributed by atoms with Crippen LogP contribution < -0.4 is 22.8 Å². The predicted molar refractivity (Wildman–Crippen MR) is 135 cm³/mol. The van der Waals surface area contributed by atoms with Gasteiger partial charge in [0.25, 0.3) is 5.56 Å². The number of aromatic nitrogens is 4. The van der Waals surface area contributed by atoms with Crippen molar-refractivity contribution < 1.29 is 38.1 Å². The molecule has 2 amide bonds. The van der Waals surface area contributed by atoms with E-state index < -0.39 is 68.6 Å². The van der Waals surface area contributed by atoms with Crippen LogP contribution in [0, 0.1) is 0 Å². The second kappa shape index (κ2) is 11.4. The van der Waals surface area contributed by atoms with E-state index in [0.717, 1.165) is 11.1 Å². The Morgan fingerprint density at radius 2 is 2.15 bits per heavy atom. The van der Waals surface area contributed by atoms with Gasteiger partial charge >= 0.3 is 13.6 Å². The van der Waals surface area contributed by atoms with Gasteiger partial charge < -0.3 is 45.9 Å². The smallest absolute Gasteiger partial charge is 0.352 e. The minimum atomic E-state index is -3.79. The van der Waals surface area contributed by atoms with E-state index >= 15 is 0 Å².